The fourth-order valence-electron chi connectivity index (χ4n) is 2.06. The maximum Gasteiger partial charge on any atom is 0.233 e. The number of likely N-dealkylation sites (N-methyl/N-ethyl adjacent to an activating group) is 1. The highest BCUT2D eigenvalue weighted by molar-refractivity contribution is 5.77. The Hall–Kier alpha value is -1.43. The first-order chi connectivity index (χ1) is 9.60. The lowest BCUT2D eigenvalue weighted by atomic mass is 10.1. The molecule has 1 aromatic rings. The van der Waals surface area contributed by atoms with Gasteiger partial charge in [-0.05, 0) is 24.1 Å². The van der Waals surface area contributed by atoms with Gasteiger partial charge in [-0.3, -0.25) is 9.69 Å². The smallest absolute Gasteiger partial charge is 0.233 e. The zero-order chi connectivity index (χ0) is 15.0. The van der Waals surface area contributed by atoms with Crippen LogP contribution in [0.2, 0.25) is 0 Å². The molecule has 0 aromatic heterocycles. The summed E-state index contributed by atoms with van der Waals surface area (Å²) in [4.78, 5) is 13.4. The van der Waals surface area contributed by atoms with Crippen LogP contribution in [-0.2, 0) is 11.3 Å². The number of rotatable bonds is 8. The van der Waals surface area contributed by atoms with Gasteiger partial charge in [0.25, 0.3) is 0 Å². The molecule has 1 atom stereocenters. The van der Waals surface area contributed by atoms with Crippen LogP contribution in [0.15, 0.2) is 24.3 Å². The van der Waals surface area contributed by atoms with E-state index in [1.807, 2.05) is 29.2 Å². The lowest BCUT2D eigenvalue weighted by Crippen LogP contribution is -2.38. The van der Waals surface area contributed by atoms with Crippen molar-refractivity contribution in [2.45, 2.75) is 26.0 Å². The molecule has 1 amide bonds. The van der Waals surface area contributed by atoms with Gasteiger partial charge in [-0.15, -0.1) is 0 Å². The summed E-state index contributed by atoms with van der Waals surface area (Å²) in [6.45, 7) is 4.09. The first kappa shape index (κ1) is 16.6. The van der Waals surface area contributed by atoms with E-state index in [4.69, 9.17) is 5.73 Å². The maximum absolute atomic E-state index is 11.5. The Bertz CT molecular complexity index is 406. The molecule has 0 heterocycles. The second kappa shape index (κ2) is 8.68. The second-order valence-corrected chi connectivity index (χ2v) is 4.87. The fourth-order valence-corrected chi connectivity index (χ4v) is 2.06. The summed E-state index contributed by atoms with van der Waals surface area (Å²) in [6, 6.07) is 7.61. The lowest BCUT2D eigenvalue weighted by molar-refractivity contribution is -0.122. The number of carbonyl (C=O) groups excluding carboxylic acids is 1. The number of nitrogens with zero attached hydrogens (tertiary/aromatic N) is 1. The molecular weight excluding hydrogens is 254 g/mol. The predicted molar refractivity (Wildman–Crippen MR) is 80.1 cm³/mol. The molecule has 0 saturated heterocycles. The van der Waals surface area contributed by atoms with Gasteiger partial charge in [-0.2, -0.15) is 0 Å². The number of nitrogens with one attached hydrogen (secondary N) is 1. The summed E-state index contributed by atoms with van der Waals surface area (Å²) in [5.41, 5.74) is 7.44. The van der Waals surface area contributed by atoms with Gasteiger partial charge >= 0.3 is 0 Å². The number of nitrogens with two attached hydrogens (primary N) is 1. The minimum atomic E-state index is -0.599. The molecule has 5 heteroatoms. The Morgan fingerprint density at radius 3 is 2.55 bits per heavy atom. The molecule has 112 valence electrons. The van der Waals surface area contributed by atoms with E-state index in [0.717, 1.165) is 24.1 Å². The zero-order valence-electron chi connectivity index (χ0n) is 12.3. The third-order valence-corrected chi connectivity index (χ3v) is 3.22. The molecule has 1 aromatic carbocycles. The Labute approximate surface area is 120 Å². The molecule has 1 rings (SSSR count). The van der Waals surface area contributed by atoms with Gasteiger partial charge in [0, 0.05) is 20.1 Å². The molecule has 0 fully saturated rings. The van der Waals surface area contributed by atoms with Crippen molar-refractivity contribution in [3.05, 3.63) is 35.4 Å². The van der Waals surface area contributed by atoms with Crippen LogP contribution in [-0.4, -0.2) is 42.6 Å². The van der Waals surface area contributed by atoms with Crippen molar-refractivity contribution in [3.63, 3.8) is 0 Å². The van der Waals surface area contributed by atoms with Gasteiger partial charge < -0.3 is 16.2 Å². The Morgan fingerprint density at radius 2 is 2.05 bits per heavy atom. The molecule has 0 saturated carbocycles. The van der Waals surface area contributed by atoms with E-state index in [1.54, 1.807) is 7.05 Å². The number of carbonyl (C=O) groups is 1. The molecule has 1 unspecified atom stereocenters. The molecule has 0 spiro atoms. The highest BCUT2D eigenvalue weighted by atomic mass is 16.3. The van der Waals surface area contributed by atoms with Crippen molar-refractivity contribution in [1.29, 1.82) is 0 Å². The normalized spacial score (nSPS) is 12.4. The summed E-state index contributed by atoms with van der Waals surface area (Å²) in [5, 5.41) is 12.9. The average Bonchev–Trinajstić information content (AvgIpc) is 2.47. The van der Waals surface area contributed by atoms with Gasteiger partial charge in [-0.1, -0.05) is 31.2 Å². The number of amides is 1. The van der Waals surface area contributed by atoms with Crippen LogP contribution in [0.4, 0.5) is 0 Å². The first-order valence-corrected chi connectivity index (χ1v) is 7.00. The Morgan fingerprint density at radius 1 is 1.40 bits per heavy atom. The molecule has 0 bridgehead atoms. The van der Waals surface area contributed by atoms with Crippen LogP contribution in [0.25, 0.3) is 0 Å². The number of hydrogen-bond donors (Lipinski definition) is 3. The minimum absolute atomic E-state index is 0.0378. The summed E-state index contributed by atoms with van der Waals surface area (Å²) in [7, 11) is 1.62. The van der Waals surface area contributed by atoms with Gasteiger partial charge in [-0.25, -0.2) is 0 Å². The maximum atomic E-state index is 11.5. The van der Waals surface area contributed by atoms with Crippen LogP contribution in [0.1, 0.15) is 30.6 Å². The summed E-state index contributed by atoms with van der Waals surface area (Å²) >= 11 is 0. The highest BCUT2D eigenvalue weighted by Gasteiger charge is 2.15. The van der Waals surface area contributed by atoms with Crippen LogP contribution >= 0.6 is 0 Å². The quantitative estimate of drug-likeness (QED) is 0.652. The van der Waals surface area contributed by atoms with E-state index >= 15 is 0 Å². The van der Waals surface area contributed by atoms with E-state index < -0.39 is 6.10 Å². The summed E-state index contributed by atoms with van der Waals surface area (Å²) in [6.07, 6.45) is 0.341. The molecule has 5 nitrogen and oxygen atoms in total. The van der Waals surface area contributed by atoms with Crippen LogP contribution in [0.3, 0.4) is 0 Å². The van der Waals surface area contributed by atoms with E-state index in [2.05, 4.69) is 12.2 Å². The fraction of sp³-hybridized carbons (Fsp3) is 0.533. The SMILES string of the molecule is CCCN(CC(=O)NC)CC(O)c1ccc(CN)cc1. The van der Waals surface area contributed by atoms with Crippen molar-refractivity contribution in [2.75, 3.05) is 26.7 Å². The summed E-state index contributed by atoms with van der Waals surface area (Å²) < 4.78 is 0. The van der Waals surface area contributed by atoms with Gasteiger partial charge in [0.1, 0.15) is 0 Å². The summed E-state index contributed by atoms with van der Waals surface area (Å²) in [5.74, 6) is -0.0378. The standard InChI is InChI=1S/C15H25N3O2/c1-3-8-18(11-15(20)17-2)10-14(19)13-6-4-12(9-16)5-7-13/h4-7,14,19H,3,8-11,16H2,1-2H3,(H,17,20). The average molecular weight is 279 g/mol. The van der Waals surface area contributed by atoms with E-state index in [0.29, 0.717) is 19.6 Å². The molecule has 20 heavy (non-hydrogen) atoms. The largest absolute Gasteiger partial charge is 0.387 e. The molecule has 0 aliphatic heterocycles. The predicted octanol–water partition coefficient (Wildman–Crippen LogP) is 0.637. The van der Waals surface area contributed by atoms with Gasteiger partial charge in [0.15, 0.2) is 0 Å². The Kier molecular flexibility index (Phi) is 7.22. The van der Waals surface area contributed by atoms with E-state index in [1.165, 1.54) is 0 Å². The van der Waals surface area contributed by atoms with Crippen molar-refractivity contribution in [3.8, 4) is 0 Å². The molecule has 0 aliphatic carbocycles. The van der Waals surface area contributed by atoms with Gasteiger partial charge in [0.2, 0.25) is 5.91 Å². The second-order valence-electron chi connectivity index (χ2n) is 4.87. The lowest BCUT2D eigenvalue weighted by Gasteiger charge is -2.24. The van der Waals surface area contributed by atoms with Crippen molar-refractivity contribution >= 4 is 5.91 Å². The van der Waals surface area contributed by atoms with E-state index in [9.17, 15) is 9.90 Å². The molecule has 0 radical (unpaired) electrons. The molecule has 0 aliphatic rings. The number of aliphatic hydroxyl groups excluding tert-OH is 1. The van der Waals surface area contributed by atoms with Crippen molar-refractivity contribution in [2.24, 2.45) is 5.73 Å². The minimum Gasteiger partial charge on any atom is -0.387 e. The third-order valence-electron chi connectivity index (χ3n) is 3.22. The van der Waals surface area contributed by atoms with Gasteiger partial charge in [0.05, 0.1) is 12.6 Å². The number of benzene rings is 1. The molecule has 4 N–H and O–H groups in total. The molecular formula is C15H25N3O2. The zero-order valence-corrected chi connectivity index (χ0v) is 12.3. The van der Waals surface area contributed by atoms with Crippen molar-refractivity contribution < 1.29 is 9.90 Å². The van der Waals surface area contributed by atoms with E-state index in [-0.39, 0.29) is 5.91 Å². The monoisotopic (exact) mass is 279 g/mol. The highest BCUT2D eigenvalue weighted by Crippen LogP contribution is 2.15. The first-order valence-electron chi connectivity index (χ1n) is 7.00. The van der Waals surface area contributed by atoms with Crippen LogP contribution in [0, 0.1) is 0 Å². The number of hydrogen-bond acceptors (Lipinski definition) is 4. The Balaban J connectivity index is 2.63. The number of aliphatic hydroxyl groups is 1. The topological polar surface area (TPSA) is 78.6 Å². The van der Waals surface area contributed by atoms with Crippen molar-refractivity contribution in [1.82, 2.24) is 10.2 Å². The van der Waals surface area contributed by atoms with Crippen LogP contribution < -0.4 is 11.1 Å². The third kappa shape index (κ3) is 5.28. The van der Waals surface area contributed by atoms with Crippen LogP contribution in [0.5, 0.6) is 0 Å².